The zero-order valence-electron chi connectivity index (χ0n) is 16.8. The summed E-state index contributed by atoms with van der Waals surface area (Å²) in [6, 6.07) is 22.6. The van der Waals surface area contributed by atoms with E-state index in [4.69, 9.17) is 9.15 Å². The second-order valence-corrected chi connectivity index (χ2v) is 7.46. The molecule has 1 N–H and O–H groups in total. The fourth-order valence-electron chi connectivity index (χ4n) is 3.32. The van der Waals surface area contributed by atoms with E-state index < -0.39 is 0 Å². The summed E-state index contributed by atoms with van der Waals surface area (Å²) in [5, 5.41) is 2.93. The third kappa shape index (κ3) is 4.48. The molecule has 154 valence electrons. The first-order chi connectivity index (χ1) is 15.3. The van der Waals surface area contributed by atoms with Crippen LogP contribution < -0.4 is 10.1 Å². The lowest BCUT2D eigenvalue weighted by Gasteiger charge is -2.08. The highest BCUT2D eigenvalue weighted by Gasteiger charge is 2.34. The van der Waals surface area contributed by atoms with Crippen molar-refractivity contribution in [2.45, 2.75) is 25.4 Å². The van der Waals surface area contributed by atoms with Crippen LogP contribution in [0, 0.1) is 0 Å². The number of nitrogens with zero attached hydrogens (tertiary/aromatic N) is 2. The zero-order valence-corrected chi connectivity index (χ0v) is 16.8. The fourth-order valence-corrected chi connectivity index (χ4v) is 3.32. The molecular formula is C25H21N3O3. The Balaban J connectivity index is 1.33. The Hall–Kier alpha value is -3.93. The number of carbonyl (C=O) groups excluding carboxylic acids is 1. The first-order valence-electron chi connectivity index (χ1n) is 10.3. The monoisotopic (exact) mass is 411 g/mol. The van der Waals surface area contributed by atoms with E-state index in [1.54, 1.807) is 12.3 Å². The van der Waals surface area contributed by atoms with Gasteiger partial charge < -0.3 is 14.5 Å². The first-order valence-corrected chi connectivity index (χ1v) is 10.3. The maximum atomic E-state index is 13.0. The van der Waals surface area contributed by atoms with Crippen LogP contribution in [-0.2, 0) is 6.61 Å². The topological polar surface area (TPSA) is 77.2 Å². The van der Waals surface area contributed by atoms with Crippen molar-refractivity contribution in [3.8, 4) is 17.2 Å². The van der Waals surface area contributed by atoms with E-state index in [1.165, 1.54) is 0 Å². The second-order valence-electron chi connectivity index (χ2n) is 7.46. The predicted molar refractivity (Wildman–Crippen MR) is 117 cm³/mol. The molecule has 2 heterocycles. The fraction of sp³-hybridized carbons (Fsp3) is 0.160. The van der Waals surface area contributed by atoms with Gasteiger partial charge in [-0.05, 0) is 49.2 Å². The van der Waals surface area contributed by atoms with Gasteiger partial charge in [0.2, 0.25) is 5.89 Å². The molecule has 0 bridgehead atoms. The molecular weight excluding hydrogens is 390 g/mol. The van der Waals surface area contributed by atoms with Crippen LogP contribution in [-0.4, -0.2) is 15.9 Å². The quantitative estimate of drug-likeness (QED) is 0.438. The molecule has 0 spiro atoms. The van der Waals surface area contributed by atoms with Gasteiger partial charge in [-0.3, -0.25) is 9.78 Å². The Morgan fingerprint density at radius 3 is 2.65 bits per heavy atom. The molecule has 6 nitrogen and oxygen atoms in total. The van der Waals surface area contributed by atoms with Gasteiger partial charge in [-0.2, -0.15) is 0 Å². The number of oxazole rings is 1. The van der Waals surface area contributed by atoms with Gasteiger partial charge in [0.1, 0.15) is 18.1 Å². The Morgan fingerprint density at radius 2 is 1.87 bits per heavy atom. The van der Waals surface area contributed by atoms with E-state index in [1.807, 2.05) is 66.7 Å². The molecule has 1 saturated carbocycles. The van der Waals surface area contributed by atoms with Crippen molar-refractivity contribution in [1.82, 2.24) is 9.97 Å². The lowest BCUT2D eigenvalue weighted by atomic mass is 10.2. The van der Waals surface area contributed by atoms with Crippen LogP contribution in [0.2, 0.25) is 0 Å². The minimum atomic E-state index is -0.283. The normalized spacial score (nSPS) is 13.0. The smallest absolute Gasteiger partial charge is 0.277 e. The molecule has 6 heteroatoms. The first kappa shape index (κ1) is 19.1. The predicted octanol–water partition coefficient (Wildman–Crippen LogP) is 5.45. The SMILES string of the molecule is O=C(Nc1cccc(OCc2ccccn2)c1)c1nc(-c2ccccc2)oc1C1CC1. The summed E-state index contributed by atoms with van der Waals surface area (Å²) in [4.78, 5) is 21.8. The van der Waals surface area contributed by atoms with Crippen LogP contribution in [0.25, 0.3) is 11.5 Å². The van der Waals surface area contributed by atoms with Crippen molar-refractivity contribution in [2.75, 3.05) is 5.32 Å². The molecule has 0 aliphatic heterocycles. The van der Waals surface area contributed by atoms with Crippen molar-refractivity contribution < 1.29 is 13.9 Å². The van der Waals surface area contributed by atoms with E-state index in [2.05, 4.69) is 15.3 Å². The number of amides is 1. The van der Waals surface area contributed by atoms with E-state index in [0.717, 1.165) is 24.1 Å². The van der Waals surface area contributed by atoms with Crippen LogP contribution >= 0.6 is 0 Å². The summed E-state index contributed by atoms with van der Waals surface area (Å²) in [5.41, 5.74) is 2.67. The standard InChI is InChI=1S/C25H21N3O3/c29-24(22-23(17-12-13-17)31-25(28-22)18-7-2-1-3-8-18)27-19-10-6-11-21(15-19)30-16-20-9-4-5-14-26-20/h1-11,14-15,17H,12-13,16H2,(H,27,29). The number of ether oxygens (including phenoxy) is 1. The summed E-state index contributed by atoms with van der Waals surface area (Å²) < 4.78 is 11.8. The second kappa shape index (κ2) is 8.44. The molecule has 0 radical (unpaired) electrons. The van der Waals surface area contributed by atoms with E-state index >= 15 is 0 Å². The Kier molecular flexibility index (Phi) is 5.19. The molecule has 2 aromatic carbocycles. The van der Waals surface area contributed by atoms with Gasteiger partial charge in [0.15, 0.2) is 5.69 Å². The number of nitrogens with one attached hydrogen (secondary N) is 1. The maximum absolute atomic E-state index is 13.0. The van der Waals surface area contributed by atoms with E-state index in [-0.39, 0.29) is 11.8 Å². The van der Waals surface area contributed by atoms with Gasteiger partial charge in [0, 0.05) is 29.4 Å². The number of benzene rings is 2. The largest absolute Gasteiger partial charge is 0.487 e. The van der Waals surface area contributed by atoms with Crippen LogP contribution in [0.4, 0.5) is 5.69 Å². The number of hydrogen-bond donors (Lipinski definition) is 1. The van der Waals surface area contributed by atoms with Crippen molar-refractivity contribution in [3.05, 3.63) is 96.1 Å². The molecule has 1 amide bonds. The van der Waals surface area contributed by atoms with Gasteiger partial charge in [-0.15, -0.1) is 0 Å². The van der Waals surface area contributed by atoms with Crippen LogP contribution in [0.5, 0.6) is 5.75 Å². The van der Waals surface area contributed by atoms with Crippen molar-refractivity contribution >= 4 is 11.6 Å². The number of aromatic nitrogens is 2. The highest BCUT2D eigenvalue weighted by atomic mass is 16.5. The van der Waals surface area contributed by atoms with Crippen molar-refractivity contribution in [2.24, 2.45) is 0 Å². The number of carbonyl (C=O) groups is 1. The summed E-state index contributed by atoms with van der Waals surface area (Å²) in [7, 11) is 0. The summed E-state index contributed by atoms with van der Waals surface area (Å²) in [5.74, 6) is 1.77. The molecule has 1 aliphatic carbocycles. The average Bonchev–Trinajstić information content (AvgIpc) is 3.57. The van der Waals surface area contributed by atoms with E-state index in [0.29, 0.717) is 35.4 Å². The summed E-state index contributed by atoms with van der Waals surface area (Å²) in [6.45, 7) is 0.355. The molecule has 4 aromatic rings. The van der Waals surface area contributed by atoms with Crippen LogP contribution in [0.15, 0.2) is 83.4 Å². The third-order valence-electron chi connectivity index (χ3n) is 5.04. The van der Waals surface area contributed by atoms with Gasteiger partial charge in [-0.1, -0.05) is 30.3 Å². The minimum Gasteiger partial charge on any atom is -0.487 e. The van der Waals surface area contributed by atoms with Crippen molar-refractivity contribution in [3.63, 3.8) is 0 Å². The van der Waals surface area contributed by atoms with Crippen molar-refractivity contribution in [1.29, 1.82) is 0 Å². The van der Waals surface area contributed by atoms with Crippen LogP contribution in [0.1, 0.15) is 40.7 Å². The lowest BCUT2D eigenvalue weighted by molar-refractivity contribution is 0.102. The maximum Gasteiger partial charge on any atom is 0.277 e. The molecule has 0 unspecified atom stereocenters. The zero-order chi connectivity index (χ0) is 21.0. The van der Waals surface area contributed by atoms with E-state index in [9.17, 15) is 4.79 Å². The molecule has 0 atom stereocenters. The Bertz CT molecular complexity index is 1190. The molecule has 1 fully saturated rings. The molecule has 1 aliphatic rings. The Morgan fingerprint density at radius 1 is 1.03 bits per heavy atom. The number of rotatable bonds is 7. The lowest BCUT2D eigenvalue weighted by Crippen LogP contribution is -2.14. The summed E-state index contributed by atoms with van der Waals surface area (Å²) in [6.07, 6.45) is 3.76. The van der Waals surface area contributed by atoms with Gasteiger partial charge in [0.05, 0.1) is 5.69 Å². The van der Waals surface area contributed by atoms with Gasteiger partial charge >= 0.3 is 0 Å². The molecule has 5 rings (SSSR count). The number of anilines is 1. The average molecular weight is 411 g/mol. The summed E-state index contributed by atoms with van der Waals surface area (Å²) >= 11 is 0. The third-order valence-corrected chi connectivity index (χ3v) is 5.04. The number of hydrogen-bond acceptors (Lipinski definition) is 5. The number of pyridine rings is 1. The van der Waals surface area contributed by atoms with Gasteiger partial charge in [-0.25, -0.2) is 4.98 Å². The molecule has 0 saturated heterocycles. The van der Waals surface area contributed by atoms with Crippen LogP contribution in [0.3, 0.4) is 0 Å². The Labute approximate surface area is 179 Å². The van der Waals surface area contributed by atoms with Gasteiger partial charge in [0.25, 0.3) is 5.91 Å². The minimum absolute atomic E-state index is 0.263. The highest BCUT2D eigenvalue weighted by Crippen LogP contribution is 2.43. The molecule has 2 aromatic heterocycles. The highest BCUT2D eigenvalue weighted by molar-refractivity contribution is 6.04. The molecule has 31 heavy (non-hydrogen) atoms.